The second-order valence-corrected chi connectivity index (χ2v) is 4.73. The van der Waals surface area contributed by atoms with E-state index >= 15 is 0 Å². The standard InChI is InChI=1S/C16H20O2/c17-16-10-4-9-15(16)11-13-18-12-5-8-14-6-2-1-3-7-14/h1-3,5-8,15H,4,9-13H2. The van der Waals surface area contributed by atoms with Gasteiger partial charge in [-0.2, -0.15) is 0 Å². The number of Topliss-reactive ketones (excluding diaryl/α,β-unsaturated/α-hetero) is 1. The quantitative estimate of drug-likeness (QED) is 0.716. The molecule has 0 N–H and O–H groups in total. The largest absolute Gasteiger partial charge is 0.377 e. The normalized spacial score (nSPS) is 19.8. The van der Waals surface area contributed by atoms with Gasteiger partial charge in [-0.15, -0.1) is 0 Å². The zero-order valence-electron chi connectivity index (χ0n) is 10.7. The molecule has 1 aromatic carbocycles. The molecule has 18 heavy (non-hydrogen) atoms. The Morgan fingerprint density at radius 1 is 1.28 bits per heavy atom. The Balaban J connectivity index is 1.59. The van der Waals surface area contributed by atoms with E-state index in [1.807, 2.05) is 24.3 Å². The van der Waals surface area contributed by atoms with Crippen LogP contribution in [-0.4, -0.2) is 19.0 Å². The summed E-state index contributed by atoms with van der Waals surface area (Å²) >= 11 is 0. The fourth-order valence-corrected chi connectivity index (χ4v) is 2.32. The molecule has 1 aliphatic carbocycles. The van der Waals surface area contributed by atoms with Gasteiger partial charge in [0.2, 0.25) is 0 Å². The van der Waals surface area contributed by atoms with Gasteiger partial charge in [-0.1, -0.05) is 42.5 Å². The molecule has 1 aliphatic rings. The highest BCUT2D eigenvalue weighted by atomic mass is 16.5. The van der Waals surface area contributed by atoms with Crippen molar-refractivity contribution in [3.63, 3.8) is 0 Å². The van der Waals surface area contributed by atoms with Gasteiger partial charge < -0.3 is 4.74 Å². The molecule has 1 saturated carbocycles. The van der Waals surface area contributed by atoms with Gasteiger partial charge in [0.15, 0.2) is 0 Å². The summed E-state index contributed by atoms with van der Waals surface area (Å²) in [4.78, 5) is 11.4. The molecular formula is C16H20O2. The fourth-order valence-electron chi connectivity index (χ4n) is 2.32. The number of ether oxygens (including phenoxy) is 1. The van der Waals surface area contributed by atoms with Crippen molar-refractivity contribution in [2.75, 3.05) is 13.2 Å². The molecule has 0 saturated heterocycles. The van der Waals surface area contributed by atoms with Gasteiger partial charge in [0, 0.05) is 18.9 Å². The van der Waals surface area contributed by atoms with E-state index in [4.69, 9.17) is 4.74 Å². The Kier molecular flexibility index (Phi) is 5.15. The maximum absolute atomic E-state index is 11.4. The molecule has 1 aromatic rings. The summed E-state index contributed by atoms with van der Waals surface area (Å²) in [6.45, 7) is 1.31. The number of carbonyl (C=O) groups is 1. The molecule has 0 spiro atoms. The summed E-state index contributed by atoms with van der Waals surface area (Å²) in [6, 6.07) is 10.2. The third-order valence-corrected chi connectivity index (χ3v) is 3.37. The summed E-state index contributed by atoms with van der Waals surface area (Å²) in [6.07, 6.45) is 7.86. The van der Waals surface area contributed by atoms with Crippen molar-refractivity contribution in [3.8, 4) is 0 Å². The first kappa shape index (κ1) is 13.0. The minimum Gasteiger partial charge on any atom is -0.377 e. The average Bonchev–Trinajstić information content (AvgIpc) is 2.81. The maximum atomic E-state index is 11.4. The van der Waals surface area contributed by atoms with Crippen LogP contribution in [0.3, 0.4) is 0 Å². The van der Waals surface area contributed by atoms with Crippen molar-refractivity contribution >= 4 is 11.9 Å². The summed E-state index contributed by atoms with van der Waals surface area (Å²) in [5.41, 5.74) is 1.19. The molecule has 0 aliphatic heterocycles. The van der Waals surface area contributed by atoms with Crippen molar-refractivity contribution in [1.82, 2.24) is 0 Å². The molecule has 0 aromatic heterocycles. The smallest absolute Gasteiger partial charge is 0.136 e. The Morgan fingerprint density at radius 3 is 2.83 bits per heavy atom. The molecule has 96 valence electrons. The fraction of sp³-hybridized carbons (Fsp3) is 0.438. The lowest BCUT2D eigenvalue weighted by molar-refractivity contribution is -0.121. The zero-order chi connectivity index (χ0) is 12.6. The van der Waals surface area contributed by atoms with Gasteiger partial charge in [0.05, 0.1) is 6.61 Å². The monoisotopic (exact) mass is 244 g/mol. The Bertz CT molecular complexity index is 395. The molecule has 2 rings (SSSR count). The van der Waals surface area contributed by atoms with Crippen molar-refractivity contribution < 1.29 is 9.53 Å². The van der Waals surface area contributed by atoms with E-state index in [-0.39, 0.29) is 5.92 Å². The first-order chi connectivity index (χ1) is 8.86. The van der Waals surface area contributed by atoms with Crippen LogP contribution in [0.5, 0.6) is 0 Å². The first-order valence-electron chi connectivity index (χ1n) is 6.68. The Labute approximate surface area is 109 Å². The third kappa shape index (κ3) is 4.11. The predicted octanol–water partition coefficient (Wildman–Crippen LogP) is 3.48. The van der Waals surface area contributed by atoms with Crippen LogP contribution >= 0.6 is 0 Å². The van der Waals surface area contributed by atoms with E-state index in [9.17, 15) is 4.79 Å². The van der Waals surface area contributed by atoms with Crippen LogP contribution in [-0.2, 0) is 9.53 Å². The van der Waals surface area contributed by atoms with Crippen molar-refractivity contribution in [3.05, 3.63) is 42.0 Å². The molecule has 2 nitrogen and oxygen atoms in total. The van der Waals surface area contributed by atoms with Crippen LogP contribution in [0.15, 0.2) is 36.4 Å². The highest BCUT2D eigenvalue weighted by Crippen LogP contribution is 2.23. The van der Waals surface area contributed by atoms with Crippen LogP contribution < -0.4 is 0 Å². The van der Waals surface area contributed by atoms with E-state index < -0.39 is 0 Å². The average molecular weight is 244 g/mol. The van der Waals surface area contributed by atoms with Crippen LogP contribution in [0.2, 0.25) is 0 Å². The van der Waals surface area contributed by atoms with Crippen LogP contribution in [0, 0.1) is 5.92 Å². The number of benzene rings is 1. The Hall–Kier alpha value is -1.41. The number of ketones is 1. The van der Waals surface area contributed by atoms with Crippen LogP contribution in [0.1, 0.15) is 31.2 Å². The van der Waals surface area contributed by atoms with Crippen molar-refractivity contribution in [2.24, 2.45) is 5.92 Å². The van der Waals surface area contributed by atoms with E-state index in [0.29, 0.717) is 19.0 Å². The summed E-state index contributed by atoms with van der Waals surface area (Å²) < 4.78 is 5.53. The van der Waals surface area contributed by atoms with Crippen molar-refractivity contribution in [1.29, 1.82) is 0 Å². The van der Waals surface area contributed by atoms with E-state index in [1.165, 1.54) is 5.56 Å². The van der Waals surface area contributed by atoms with E-state index in [0.717, 1.165) is 25.7 Å². The molecule has 0 amide bonds. The SMILES string of the molecule is O=C1CCCC1CCOCC=Cc1ccccc1. The second kappa shape index (κ2) is 7.12. The molecular weight excluding hydrogens is 224 g/mol. The maximum Gasteiger partial charge on any atom is 0.136 e. The molecule has 0 bridgehead atoms. The van der Waals surface area contributed by atoms with Gasteiger partial charge in [0.1, 0.15) is 5.78 Å². The Morgan fingerprint density at radius 2 is 2.11 bits per heavy atom. The van der Waals surface area contributed by atoms with E-state index in [2.05, 4.69) is 18.2 Å². The first-order valence-corrected chi connectivity index (χ1v) is 6.68. The van der Waals surface area contributed by atoms with Gasteiger partial charge in [0.25, 0.3) is 0 Å². The minimum absolute atomic E-state index is 0.267. The van der Waals surface area contributed by atoms with Gasteiger partial charge in [-0.25, -0.2) is 0 Å². The predicted molar refractivity (Wildman–Crippen MR) is 73.3 cm³/mol. The van der Waals surface area contributed by atoms with Crippen molar-refractivity contribution in [2.45, 2.75) is 25.7 Å². The molecule has 2 heteroatoms. The molecule has 1 atom stereocenters. The number of carbonyl (C=O) groups excluding carboxylic acids is 1. The highest BCUT2D eigenvalue weighted by Gasteiger charge is 2.23. The molecule has 0 heterocycles. The molecule has 0 radical (unpaired) electrons. The lowest BCUT2D eigenvalue weighted by atomic mass is 10.0. The topological polar surface area (TPSA) is 26.3 Å². The lowest BCUT2D eigenvalue weighted by Crippen LogP contribution is -2.09. The summed E-state index contributed by atoms with van der Waals surface area (Å²) in [5.74, 6) is 0.696. The van der Waals surface area contributed by atoms with Gasteiger partial charge >= 0.3 is 0 Å². The number of hydrogen-bond acceptors (Lipinski definition) is 2. The zero-order valence-corrected chi connectivity index (χ0v) is 10.7. The second-order valence-electron chi connectivity index (χ2n) is 4.73. The summed E-state index contributed by atoms with van der Waals surface area (Å²) in [7, 11) is 0. The minimum atomic E-state index is 0.267. The lowest BCUT2D eigenvalue weighted by Gasteiger charge is -2.06. The van der Waals surface area contributed by atoms with Crippen LogP contribution in [0.4, 0.5) is 0 Å². The molecule has 1 unspecified atom stereocenters. The third-order valence-electron chi connectivity index (χ3n) is 3.37. The molecule has 1 fully saturated rings. The number of hydrogen-bond donors (Lipinski definition) is 0. The van der Waals surface area contributed by atoms with Crippen LogP contribution in [0.25, 0.3) is 6.08 Å². The van der Waals surface area contributed by atoms with Gasteiger partial charge in [-0.3, -0.25) is 4.79 Å². The van der Waals surface area contributed by atoms with E-state index in [1.54, 1.807) is 0 Å². The summed E-state index contributed by atoms with van der Waals surface area (Å²) in [5, 5.41) is 0. The number of rotatable bonds is 6. The van der Waals surface area contributed by atoms with Gasteiger partial charge in [-0.05, 0) is 24.8 Å². The highest BCUT2D eigenvalue weighted by molar-refractivity contribution is 5.82.